The van der Waals surface area contributed by atoms with Crippen LogP contribution in [0.2, 0.25) is 0 Å². The molecule has 0 aliphatic carbocycles. The second kappa shape index (κ2) is 10.5. The molecule has 0 bridgehead atoms. The molecule has 29 heavy (non-hydrogen) atoms. The highest BCUT2D eigenvalue weighted by Gasteiger charge is 2.47. The summed E-state index contributed by atoms with van der Waals surface area (Å²) in [7, 11) is 0. The van der Waals surface area contributed by atoms with E-state index in [1.807, 2.05) is 60.7 Å². The molecule has 0 radical (unpaired) electrons. The van der Waals surface area contributed by atoms with Crippen LogP contribution in [0, 0.1) is 0 Å². The van der Waals surface area contributed by atoms with Crippen molar-refractivity contribution < 1.29 is 34.0 Å². The lowest BCUT2D eigenvalue weighted by molar-refractivity contribution is -0.302. The average molecular weight is 402 g/mol. The molecule has 0 aromatic heterocycles. The summed E-state index contributed by atoms with van der Waals surface area (Å²) >= 11 is 0. The molecule has 5 atom stereocenters. The minimum atomic E-state index is -1.38. The van der Waals surface area contributed by atoms with Crippen molar-refractivity contribution in [2.24, 2.45) is 0 Å². The van der Waals surface area contributed by atoms with Gasteiger partial charge in [0.1, 0.15) is 18.3 Å². The Hall–Kier alpha value is -2.29. The summed E-state index contributed by atoms with van der Waals surface area (Å²) in [6.07, 6.45) is -5.57. The van der Waals surface area contributed by atoms with Crippen molar-refractivity contribution in [1.82, 2.24) is 0 Å². The van der Waals surface area contributed by atoms with E-state index in [9.17, 15) is 15.0 Å². The van der Waals surface area contributed by atoms with E-state index in [0.717, 1.165) is 11.1 Å². The maximum Gasteiger partial charge on any atom is 0.303 e. The largest absolute Gasteiger partial charge is 0.457 e. The Morgan fingerprint density at radius 2 is 1.52 bits per heavy atom. The molecule has 2 aromatic rings. The van der Waals surface area contributed by atoms with Crippen LogP contribution in [0.25, 0.3) is 0 Å². The topological polar surface area (TPSA) is 94.5 Å². The molecular formula is C22H26O7. The predicted octanol–water partition coefficient (Wildman–Crippen LogP) is 1.80. The third kappa shape index (κ3) is 6.09. The Bertz CT molecular complexity index is 750. The van der Waals surface area contributed by atoms with Crippen LogP contribution in [0.15, 0.2) is 60.7 Å². The van der Waals surface area contributed by atoms with Gasteiger partial charge in [-0.2, -0.15) is 0 Å². The molecule has 1 fully saturated rings. The fraction of sp³-hybridized carbons (Fsp3) is 0.409. The van der Waals surface area contributed by atoms with E-state index in [1.165, 1.54) is 6.92 Å². The van der Waals surface area contributed by atoms with E-state index in [2.05, 4.69) is 0 Å². The molecule has 1 saturated heterocycles. The standard InChI is InChI=1S/C22H26O7/c1-15(23)28-20-18(14-26-12-16-8-4-2-5-9-16)29-22(25)21(19(20)24)27-13-17-10-6-3-7-11-17/h2-11,18-22,24-25H,12-14H2,1H3/t18-,19+,20+,21-,22-/m1/s1. The monoisotopic (exact) mass is 402 g/mol. The average Bonchev–Trinajstić information content (AvgIpc) is 2.72. The highest BCUT2D eigenvalue weighted by atomic mass is 16.7. The Morgan fingerprint density at radius 3 is 2.10 bits per heavy atom. The van der Waals surface area contributed by atoms with Gasteiger partial charge in [-0.15, -0.1) is 0 Å². The highest BCUT2D eigenvalue weighted by Crippen LogP contribution is 2.26. The summed E-state index contributed by atoms with van der Waals surface area (Å²) in [5.74, 6) is -0.566. The zero-order valence-electron chi connectivity index (χ0n) is 16.2. The first-order valence-electron chi connectivity index (χ1n) is 9.50. The number of hydrogen-bond donors (Lipinski definition) is 2. The van der Waals surface area contributed by atoms with Gasteiger partial charge in [0.2, 0.25) is 0 Å². The van der Waals surface area contributed by atoms with Crippen LogP contribution in [-0.4, -0.2) is 53.5 Å². The SMILES string of the molecule is CC(=O)O[C@@H]1[C@H](O)[C@@H](OCc2ccccc2)[C@H](O)O[C@@H]1COCc1ccccc1. The van der Waals surface area contributed by atoms with Crippen LogP contribution in [0.4, 0.5) is 0 Å². The number of hydrogen-bond acceptors (Lipinski definition) is 7. The Balaban J connectivity index is 1.61. The molecule has 0 saturated carbocycles. The van der Waals surface area contributed by atoms with E-state index in [1.54, 1.807) is 0 Å². The van der Waals surface area contributed by atoms with Crippen molar-refractivity contribution in [3.05, 3.63) is 71.8 Å². The number of rotatable bonds is 8. The van der Waals surface area contributed by atoms with Gasteiger partial charge in [-0.25, -0.2) is 0 Å². The first-order valence-corrected chi connectivity index (χ1v) is 9.50. The second-order valence-electron chi connectivity index (χ2n) is 6.89. The van der Waals surface area contributed by atoms with Gasteiger partial charge < -0.3 is 29.2 Å². The Labute approximate surface area is 169 Å². The molecular weight excluding hydrogens is 376 g/mol. The van der Waals surface area contributed by atoms with E-state index in [-0.39, 0.29) is 13.2 Å². The van der Waals surface area contributed by atoms with Crippen molar-refractivity contribution in [2.45, 2.75) is 50.8 Å². The van der Waals surface area contributed by atoms with Crippen LogP contribution in [0.5, 0.6) is 0 Å². The fourth-order valence-electron chi connectivity index (χ4n) is 3.20. The Kier molecular flexibility index (Phi) is 7.74. The van der Waals surface area contributed by atoms with Crippen molar-refractivity contribution in [3.63, 3.8) is 0 Å². The van der Waals surface area contributed by atoms with E-state index in [0.29, 0.717) is 6.61 Å². The van der Waals surface area contributed by atoms with Gasteiger partial charge in [0.05, 0.1) is 19.8 Å². The maximum absolute atomic E-state index is 11.5. The quantitative estimate of drug-likeness (QED) is 0.650. The number of carbonyl (C=O) groups excluding carboxylic acids is 1. The van der Waals surface area contributed by atoms with Crippen molar-refractivity contribution in [1.29, 1.82) is 0 Å². The first-order chi connectivity index (χ1) is 14.0. The third-order valence-electron chi connectivity index (χ3n) is 4.62. The van der Waals surface area contributed by atoms with Crippen LogP contribution in [-0.2, 0) is 37.0 Å². The summed E-state index contributed by atoms with van der Waals surface area (Å²) in [6.45, 7) is 1.78. The molecule has 2 aromatic carbocycles. The predicted molar refractivity (Wildman–Crippen MR) is 104 cm³/mol. The molecule has 1 aliphatic heterocycles. The van der Waals surface area contributed by atoms with Gasteiger partial charge in [0.15, 0.2) is 12.4 Å². The van der Waals surface area contributed by atoms with Crippen molar-refractivity contribution in [2.75, 3.05) is 6.61 Å². The smallest absolute Gasteiger partial charge is 0.303 e. The lowest BCUT2D eigenvalue weighted by atomic mass is 9.98. The number of carbonyl (C=O) groups is 1. The molecule has 7 nitrogen and oxygen atoms in total. The maximum atomic E-state index is 11.5. The molecule has 2 N–H and O–H groups in total. The van der Waals surface area contributed by atoms with Crippen molar-refractivity contribution in [3.8, 4) is 0 Å². The number of aliphatic hydroxyl groups excluding tert-OH is 2. The lowest BCUT2D eigenvalue weighted by Crippen LogP contribution is -2.60. The summed E-state index contributed by atoms with van der Waals surface area (Å²) in [4.78, 5) is 11.5. The van der Waals surface area contributed by atoms with Crippen LogP contribution in [0.3, 0.4) is 0 Å². The summed E-state index contributed by atoms with van der Waals surface area (Å²) in [5.41, 5.74) is 1.85. The summed E-state index contributed by atoms with van der Waals surface area (Å²) in [6, 6.07) is 18.9. The molecule has 0 unspecified atom stereocenters. The minimum Gasteiger partial charge on any atom is -0.457 e. The molecule has 1 aliphatic rings. The minimum absolute atomic E-state index is 0.0341. The number of benzene rings is 2. The third-order valence-corrected chi connectivity index (χ3v) is 4.62. The molecule has 7 heteroatoms. The van der Waals surface area contributed by atoms with E-state index < -0.39 is 36.7 Å². The second-order valence-corrected chi connectivity index (χ2v) is 6.89. The molecule has 0 amide bonds. The summed E-state index contributed by atoms with van der Waals surface area (Å²) < 4.78 is 22.2. The van der Waals surface area contributed by atoms with E-state index in [4.69, 9.17) is 18.9 Å². The van der Waals surface area contributed by atoms with E-state index >= 15 is 0 Å². The zero-order chi connectivity index (χ0) is 20.6. The molecule has 0 spiro atoms. The van der Waals surface area contributed by atoms with Gasteiger partial charge >= 0.3 is 5.97 Å². The highest BCUT2D eigenvalue weighted by molar-refractivity contribution is 5.66. The lowest BCUT2D eigenvalue weighted by Gasteiger charge is -2.41. The van der Waals surface area contributed by atoms with Gasteiger partial charge in [-0.1, -0.05) is 60.7 Å². The molecule has 1 heterocycles. The zero-order valence-corrected chi connectivity index (χ0v) is 16.2. The van der Waals surface area contributed by atoms with Gasteiger partial charge in [0, 0.05) is 6.92 Å². The molecule has 3 rings (SSSR count). The van der Waals surface area contributed by atoms with Crippen LogP contribution < -0.4 is 0 Å². The number of aliphatic hydroxyl groups is 2. The van der Waals surface area contributed by atoms with Crippen LogP contribution >= 0.6 is 0 Å². The van der Waals surface area contributed by atoms with Crippen LogP contribution in [0.1, 0.15) is 18.1 Å². The van der Waals surface area contributed by atoms with Crippen molar-refractivity contribution >= 4 is 5.97 Å². The normalized spacial score (nSPS) is 26.8. The number of ether oxygens (including phenoxy) is 4. The fourth-order valence-corrected chi connectivity index (χ4v) is 3.20. The van der Waals surface area contributed by atoms with Gasteiger partial charge in [-0.05, 0) is 11.1 Å². The van der Waals surface area contributed by atoms with Gasteiger partial charge in [-0.3, -0.25) is 4.79 Å². The number of esters is 1. The summed E-state index contributed by atoms with van der Waals surface area (Å²) in [5, 5.41) is 21.1. The Morgan fingerprint density at radius 1 is 0.931 bits per heavy atom. The molecule has 156 valence electrons. The van der Waals surface area contributed by atoms with Gasteiger partial charge in [0.25, 0.3) is 0 Å². The first kappa shape index (κ1) is 21.4.